The smallest absolute Gasteiger partial charge is 0.251 e. The van der Waals surface area contributed by atoms with E-state index in [1.54, 1.807) is 11.0 Å². The number of anilines is 1. The molecule has 0 saturated carbocycles. The molecule has 1 atom stereocenters. The average Bonchev–Trinajstić information content (AvgIpc) is 3.04. The highest BCUT2D eigenvalue weighted by molar-refractivity contribution is 6.30. The minimum Gasteiger partial charge on any atom is -0.346 e. The van der Waals surface area contributed by atoms with Crippen molar-refractivity contribution in [1.29, 1.82) is 0 Å². The summed E-state index contributed by atoms with van der Waals surface area (Å²) in [4.78, 5) is 26.3. The number of rotatable bonds is 4. The fourth-order valence-corrected chi connectivity index (χ4v) is 3.23. The van der Waals surface area contributed by atoms with Crippen LogP contribution < -0.4 is 10.2 Å². The van der Waals surface area contributed by atoms with E-state index in [2.05, 4.69) is 5.32 Å². The van der Waals surface area contributed by atoms with E-state index in [9.17, 15) is 9.59 Å². The molecule has 2 amide bonds. The van der Waals surface area contributed by atoms with Crippen LogP contribution in [0.4, 0.5) is 5.69 Å². The summed E-state index contributed by atoms with van der Waals surface area (Å²) in [6.45, 7) is 4.49. The van der Waals surface area contributed by atoms with Gasteiger partial charge in [-0.3, -0.25) is 9.59 Å². The summed E-state index contributed by atoms with van der Waals surface area (Å²) in [5.41, 5.74) is 3.59. The van der Waals surface area contributed by atoms with Crippen molar-refractivity contribution in [3.05, 3.63) is 64.2 Å². The van der Waals surface area contributed by atoms with Gasteiger partial charge in [0.2, 0.25) is 5.91 Å². The highest BCUT2D eigenvalue weighted by Crippen LogP contribution is 2.29. The summed E-state index contributed by atoms with van der Waals surface area (Å²) in [6, 6.07) is 12.9. The van der Waals surface area contributed by atoms with Crippen LogP contribution in [0.5, 0.6) is 0 Å². The summed E-state index contributed by atoms with van der Waals surface area (Å²) >= 11 is 5.90. The number of halogens is 1. The molecule has 25 heavy (non-hydrogen) atoms. The predicted octanol–water partition coefficient (Wildman–Crippen LogP) is 4.13. The van der Waals surface area contributed by atoms with Crippen LogP contribution in [-0.4, -0.2) is 18.4 Å². The largest absolute Gasteiger partial charge is 0.346 e. The van der Waals surface area contributed by atoms with Gasteiger partial charge >= 0.3 is 0 Å². The Bertz CT molecular complexity index is 802. The Morgan fingerprint density at radius 1 is 1.20 bits per heavy atom. The molecule has 0 bridgehead atoms. The summed E-state index contributed by atoms with van der Waals surface area (Å²) in [7, 11) is 0. The molecule has 4 nitrogen and oxygen atoms in total. The van der Waals surface area contributed by atoms with Crippen molar-refractivity contribution >= 4 is 29.1 Å². The molecule has 1 aliphatic rings. The molecular formula is C20H21ClN2O2. The average molecular weight is 357 g/mol. The molecule has 2 aromatic rings. The van der Waals surface area contributed by atoms with Gasteiger partial charge in [-0.05, 0) is 54.8 Å². The number of hydrogen-bond acceptors (Lipinski definition) is 2. The first-order valence-electron chi connectivity index (χ1n) is 8.49. The van der Waals surface area contributed by atoms with Crippen molar-refractivity contribution in [2.45, 2.75) is 32.7 Å². The van der Waals surface area contributed by atoms with E-state index in [-0.39, 0.29) is 17.9 Å². The summed E-state index contributed by atoms with van der Waals surface area (Å²) in [6.07, 6.45) is 1.27. The van der Waals surface area contributed by atoms with Crippen molar-refractivity contribution in [3.8, 4) is 0 Å². The number of fused-ring (bicyclic) bond motifs is 1. The van der Waals surface area contributed by atoms with E-state index in [1.807, 2.05) is 50.2 Å². The second-order valence-corrected chi connectivity index (χ2v) is 6.68. The second-order valence-electron chi connectivity index (χ2n) is 6.24. The van der Waals surface area contributed by atoms with E-state index in [4.69, 9.17) is 11.6 Å². The van der Waals surface area contributed by atoms with Crippen LogP contribution in [0.15, 0.2) is 42.5 Å². The molecule has 130 valence electrons. The van der Waals surface area contributed by atoms with Gasteiger partial charge in [0.25, 0.3) is 5.91 Å². The maximum Gasteiger partial charge on any atom is 0.251 e. The Morgan fingerprint density at radius 3 is 2.60 bits per heavy atom. The van der Waals surface area contributed by atoms with Crippen molar-refractivity contribution in [1.82, 2.24) is 5.32 Å². The van der Waals surface area contributed by atoms with Crippen molar-refractivity contribution < 1.29 is 9.59 Å². The Labute approximate surface area is 152 Å². The molecule has 0 aliphatic carbocycles. The number of nitrogens with one attached hydrogen (secondary N) is 1. The molecule has 1 N–H and O–H groups in total. The first-order chi connectivity index (χ1) is 12.0. The maximum atomic E-state index is 12.5. The Hall–Kier alpha value is -2.33. The number of carbonyl (C=O) groups excluding carboxylic acids is 2. The minimum atomic E-state index is -0.120. The number of hydrogen-bond donors (Lipinski definition) is 1. The molecule has 1 aliphatic heterocycles. The predicted molar refractivity (Wildman–Crippen MR) is 100 cm³/mol. The Kier molecular flexibility index (Phi) is 5.09. The van der Waals surface area contributed by atoms with E-state index in [0.29, 0.717) is 23.6 Å². The van der Waals surface area contributed by atoms with Gasteiger partial charge in [-0.2, -0.15) is 0 Å². The Balaban J connectivity index is 1.73. The third-order valence-electron chi connectivity index (χ3n) is 4.56. The lowest BCUT2D eigenvalue weighted by molar-refractivity contribution is -0.118. The molecule has 0 fully saturated rings. The molecule has 1 unspecified atom stereocenters. The van der Waals surface area contributed by atoms with Gasteiger partial charge in [-0.1, -0.05) is 30.7 Å². The number of carbonyl (C=O) groups is 2. The zero-order valence-electron chi connectivity index (χ0n) is 14.4. The van der Waals surface area contributed by atoms with Crippen LogP contribution in [0.2, 0.25) is 5.02 Å². The molecule has 0 spiro atoms. The zero-order chi connectivity index (χ0) is 18.0. The first-order valence-corrected chi connectivity index (χ1v) is 8.87. The van der Waals surface area contributed by atoms with Gasteiger partial charge in [0.05, 0.1) is 6.04 Å². The normalized spacial score (nSPS) is 14.1. The third kappa shape index (κ3) is 3.69. The first kappa shape index (κ1) is 17.5. The van der Waals surface area contributed by atoms with Gasteiger partial charge in [0, 0.05) is 29.2 Å². The van der Waals surface area contributed by atoms with Crippen LogP contribution in [0, 0.1) is 0 Å². The van der Waals surface area contributed by atoms with Gasteiger partial charge in [0.15, 0.2) is 0 Å². The summed E-state index contributed by atoms with van der Waals surface area (Å²) in [5, 5.41) is 3.68. The number of nitrogens with zero attached hydrogens (tertiary/aromatic N) is 1. The number of amides is 2. The van der Waals surface area contributed by atoms with Crippen LogP contribution >= 0.6 is 11.6 Å². The summed E-state index contributed by atoms with van der Waals surface area (Å²) < 4.78 is 0. The van der Waals surface area contributed by atoms with E-state index < -0.39 is 0 Å². The fraction of sp³-hybridized carbons (Fsp3) is 0.300. The van der Waals surface area contributed by atoms with E-state index >= 15 is 0 Å². The lowest BCUT2D eigenvalue weighted by Gasteiger charge is -2.17. The lowest BCUT2D eigenvalue weighted by atomic mass is 10.1. The van der Waals surface area contributed by atoms with Crippen LogP contribution in [0.3, 0.4) is 0 Å². The monoisotopic (exact) mass is 356 g/mol. The molecule has 1 heterocycles. The molecule has 5 heteroatoms. The highest BCUT2D eigenvalue weighted by Gasteiger charge is 2.24. The van der Waals surface area contributed by atoms with Gasteiger partial charge in [-0.25, -0.2) is 0 Å². The molecule has 3 rings (SSSR count). The molecule has 0 radical (unpaired) electrons. The van der Waals surface area contributed by atoms with Gasteiger partial charge < -0.3 is 10.2 Å². The summed E-state index contributed by atoms with van der Waals surface area (Å²) in [5.74, 6) is -0.00201. The van der Waals surface area contributed by atoms with Gasteiger partial charge in [-0.15, -0.1) is 0 Å². The molecule has 0 aromatic heterocycles. The van der Waals surface area contributed by atoms with Crippen LogP contribution in [0.25, 0.3) is 0 Å². The molecule has 2 aromatic carbocycles. The number of benzene rings is 2. The maximum absolute atomic E-state index is 12.5. The van der Waals surface area contributed by atoms with Crippen LogP contribution in [0.1, 0.15) is 47.8 Å². The second kappa shape index (κ2) is 7.28. The minimum absolute atomic E-state index is 0.115. The SMILES string of the molecule is CCC(=O)N1CCc2cc(C(=O)NC(C)c3ccc(Cl)cc3)ccc21. The quantitative estimate of drug-likeness (QED) is 0.895. The van der Waals surface area contributed by atoms with E-state index in [0.717, 1.165) is 23.2 Å². The fourth-order valence-electron chi connectivity index (χ4n) is 3.11. The van der Waals surface area contributed by atoms with Crippen LogP contribution in [-0.2, 0) is 11.2 Å². The molecular weight excluding hydrogens is 336 g/mol. The highest BCUT2D eigenvalue weighted by atomic mass is 35.5. The third-order valence-corrected chi connectivity index (χ3v) is 4.81. The zero-order valence-corrected chi connectivity index (χ0v) is 15.1. The lowest BCUT2D eigenvalue weighted by Crippen LogP contribution is -2.28. The van der Waals surface area contributed by atoms with E-state index in [1.165, 1.54) is 0 Å². The topological polar surface area (TPSA) is 49.4 Å². The van der Waals surface area contributed by atoms with Crippen molar-refractivity contribution in [2.24, 2.45) is 0 Å². The van der Waals surface area contributed by atoms with Crippen molar-refractivity contribution in [3.63, 3.8) is 0 Å². The van der Waals surface area contributed by atoms with Crippen molar-refractivity contribution in [2.75, 3.05) is 11.4 Å². The molecule has 0 saturated heterocycles. The standard InChI is InChI=1S/C20H21ClN2O2/c1-3-19(24)23-11-10-15-12-16(6-9-18(15)23)20(25)22-13(2)14-4-7-17(21)8-5-14/h4-9,12-13H,3,10-11H2,1-2H3,(H,22,25). The Morgan fingerprint density at radius 2 is 1.92 bits per heavy atom. The van der Waals surface area contributed by atoms with Gasteiger partial charge in [0.1, 0.15) is 0 Å².